The van der Waals surface area contributed by atoms with Gasteiger partial charge in [-0.3, -0.25) is 9.59 Å². The molecule has 1 N–H and O–H groups in total. The van der Waals surface area contributed by atoms with Gasteiger partial charge in [-0.05, 0) is 32.9 Å². The second-order valence-electron chi connectivity index (χ2n) is 7.19. The zero-order valence-electron chi connectivity index (χ0n) is 16.3. The average molecular weight is 401 g/mol. The van der Waals surface area contributed by atoms with E-state index in [-0.39, 0.29) is 29.1 Å². The van der Waals surface area contributed by atoms with Gasteiger partial charge in [-0.15, -0.1) is 5.10 Å². The van der Waals surface area contributed by atoms with Crippen LogP contribution in [-0.2, 0) is 23.2 Å². The van der Waals surface area contributed by atoms with Crippen LogP contribution < -0.4 is 5.32 Å². The fraction of sp³-hybridized carbons (Fsp3) is 0.333. The van der Waals surface area contributed by atoms with Gasteiger partial charge in [0.15, 0.2) is 5.69 Å². The molecule has 0 fully saturated rings. The molecule has 0 saturated heterocycles. The molecule has 152 valence electrons. The van der Waals surface area contributed by atoms with E-state index >= 15 is 0 Å². The van der Waals surface area contributed by atoms with Crippen molar-refractivity contribution in [2.45, 2.75) is 32.9 Å². The molecule has 0 radical (unpaired) electrons. The van der Waals surface area contributed by atoms with Gasteiger partial charge in [0, 0.05) is 7.05 Å². The standard InChI is InChI=1S/C18H19N5O6/c1-18(2,3)28-17(27)19-9-12-13(22(4)21-20-12)16(26)29-23-14(24)10-7-5-6-8-11(10)15(23)25/h5-8H,9H2,1-4H3,(H,19,27). The second kappa shape index (κ2) is 7.34. The van der Waals surface area contributed by atoms with Crippen LogP contribution in [0.2, 0.25) is 0 Å². The number of amides is 3. The summed E-state index contributed by atoms with van der Waals surface area (Å²) in [4.78, 5) is 54.1. The Morgan fingerprint density at radius 2 is 1.69 bits per heavy atom. The molecule has 1 aromatic carbocycles. The van der Waals surface area contributed by atoms with Crippen molar-refractivity contribution in [1.29, 1.82) is 0 Å². The number of imide groups is 1. The molecule has 0 bridgehead atoms. The van der Waals surface area contributed by atoms with Crippen LogP contribution in [0.15, 0.2) is 24.3 Å². The number of fused-ring (bicyclic) bond motifs is 1. The fourth-order valence-electron chi connectivity index (χ4n) is 2.62. The normalized spacial score (nSPS) is 13.3. The summed E-state index contributed by atoms with van der Waals surface area (Å²) in [5.41, 5.74) is -0.460. The number of benzene rings is 1. The van der Waals surface area contributed by atoms with Gasteiger partial charge in [0.05, 0.1) is 17.7 Å². The Labute approximate surface area is 165 Å². The van der Waals surface area contributed by atoms with Crippen molar-refractivity contribution in [2.75, 3.05) is 0 Å². The first kappa shape index (κ1) is 20.0. The van der Waals surface area contributed by atoms with Crippen molar-refractivity contribution in [3.05, 3.63) is 46.8 Å². The minimum atomic E-state index is -1.02. The van der Waals surface area contributed by atoms with Gasteiger partial charge in [-0.2, -0.15) is 0 Å². The second-order valence-corrected chi connectivity index (χ2v) is 7.19. The Morgan fingerprint density at radius 3 is 2.24 bits per heavy atom. The number of nitrogens with one attached hydrogen (secondary N) is 1. The third-order valence-electron chi connectivity index (χ3n) is 3.82. The first-order chi connectivity index (χ1) is 13.6. The van der Waals surface area contributed by atoms with Gasteiger partial charge in [0.25, 0.3) is 11.8 Å². The number of aromatic nitrogens is 3. The van der Waals surface area contributed by atoms with E-state index in [0.717, 1.165) is 4.68 Å². The van der Waals surface area contributed by atoms with Crippen molar-refractivity contribution < 1.29 is 28.8 Å². The molecule has 11 heteroatoms. The molecule has 0 spiro atoms. The topological polar surface area (TPSA) is 133 Å². The van der Waals surface area contributed by atoms with E-state index in [0.29, 0.717) is 5.06 Å². The molecule has 1 aromatic heterocycles. The number of alkyl carbamates (subject to hydrolysis) is 1. The highest BCUT2D eigenvalue weighted by molar-refractivity contribution is 6.21. The van der Waals surface area contributed by atoms with Crippen molar-refractivity contribution in [3.8, 4) is 0 Å². The maximum atomic E-state index is 12.6. The molecule has 2 heterocycles. The van der Waals surface area contributed by atoms with Crippen molar-refractivity contribution in [1.82, 2.24) is 25.4 Å². The quantitative estimate of drug-likeness (QED) is 0.756. The third-order valence-corrected chi connectivity index (χ3v) is 3.82. The lowest BCUT2D eigenvalue weighted by Gasteiger charge is -2.19. The Bertz CT molecular complexity index is 971. The van der Waals surface area contributed by atoms with Gasteiger partial charge in [0.2, 0.25) is 0 Å². The lowest BCUT2D eigenvalue weighted by Crippen LogP contribution is -2.34. The highest BCUT2D eigenvalue weighted by atomic mass is 16.7. The lowest BCUT2D eigenvalue weighted by atomic mass is 10.1. The molecule has 0 atom stereocenters. The summed E-state index contributed by atoms with van der Waals surface area (Å²) in [6.45, 7) is 4.95. The van der Waals surface area contributed by atoms with Crippen LogP contribution in [0.5, 0.6) is 0 Å². The van der Waals surface area contributed by atoms with E-state index < -0.39 is 29.5 Å². The molecule has 0 saturated carbocycles. The maximum Gasteiger partial charge on any atom is 0.407 e. The fourth-order valence-corrected chi connectivity index (χ4v) is 2.62. The Morgan fingerprint density at radius 1 is 1.10 bits per heavy atom. The lowest BCUT2D eigenvalue weighted by molar-refractivity contribution is -0.0592. The predicted octanol–water partition coefficient (Wildman–Crippen LogP) is 1.21. The van der Waals surface area contributed by atoms with Crippen LogP contribution in [0, 0.1) is 0 Å². The van der Waals surface area contributed by atoms with Crippen LogP contribution in [0.1, 0.15) is 57.7 Å². The van der Waals surface area contributed by atoms with Crippen LogP contribution in [-0.4, -0.2) is 49.5 Å². The van der Waals surface area contributed by atoms with E-state index in [1.54, 1.807) is 32.9 Å². The summed E-state index contributed by atoms with van der Waals surface area (Å²) in [6, 6.07) is 6.12. The van der Waals surface area contributed by atoms with E-state index in [1.807, 2.05) is 0 Å². The molecule has 3 amide bonds. The minimum Gasteiger partial charge on any atom is -0.444 e. The van der Waals surface area contributed by atoms with Gasteiger partial charge in [-0.25, -0.2) is 14.3 Å². The first-order valence-corrected chi connectivity index (χ1v) is 8.64. The molecular formula is C18H19N5O6. The van der Waals surface area contributed by atoms with Gasteiger partial charge < -0.3 is 14.9 Å². The molecule has 1 aliphatic heterocycles. The van der Waals surface area contributed by atoms with Gasteiger partial charge >= 0.3 is 12.1 Å². The Hall–Kier alpha value is -3.76. The van der Waals surface area contributed by atoms with E-state index in [2.05, 4.69) is 15.6 Å². The van der Waals surface area contributed by atoms with E-state index in [9.17, 15) is 19.2 Å². The molecule has 29 heavy (non-hydrogen) atoms. The summed E-state index contributed by atoms with van der Waals surface area (Å²) in [6.07, 6.45) is -0.706. The van der Waals surface area contributed by atoms with Crippen molar-refractivity contribution >= 4 is 23.9 Å². The predicted molar refractivity (Wildman–Crippen MR) is 96.4 cm³/mol. The Balaban J connectivity index is 1.73. The SMILES string of the molecule is Cn1nnc(CNC(=O)OC(C)(C)C)c1C(=O)ON1C(=O)c2ccccc2C1=O. The molecule has 2 aromatic rings. The summed E-state index contributed by atoms with van der Waals surface area (Å²) < 4.78 is 6.24. The summed E-state index contributed by atoms with van der Waals surface area (Å²) in [5.74, 6) is -2.52. The van der Waals surface area contributed by atoms with Crippen molar-refractivity contribution in [2.24, 2.45) is 7.05 Å². The molecule has 0 aliphatic carbocycles. The number of aryl methyl sites for hydroxylation is 1. The number of carbonyl (C=O) groups is 4. The molecular weight excluding hydrogens is 382 g/mol. The number of hydrogen-bond acceptors (Lipinski definition) is 8. The molecule has 1 aliphatic rings. The number of nitrogens with zero attached hydrogens (tertiary/aromatic N) is 4. The smallest absolute Gasteiger partial charge is 0.407 e. The molecule has 3 rings (SSSR count). The van der Waals surface area contributed by atoms with Crippen molar-refractivity contribution in [3.63, 3.8) is 0 Å². The van der Waals surface area contributed by atoms with E-state index in [1.165, 1.54) is 19.2 Å². The van der Waals surface area contributed by atoms with Crippen LogP contribution in [0.3, 0.4) is 0 Å². The highest BCUT2D eigenvalue weighted by Crippen LogP contribution is 2.23. The van der Waals surface area contributed by atoms with E-state index in [4.69, 9.17) is 9.57 Å². The van der Waals surface area contributed by atoms with Crippen LogP contribution >= 0.6 is 0 Å². The number of rotatable bonds is 4. The number of ether oxygens (including phenoxy) is 1. The number of hydroxylamine groups is 2. The zero-order valence-corrected chi connectivity index (χ0v) is 16.3. The number of hydrogen-bond donors (Lipinski definition) is 1. The largest absolute Gasteiger partial charge is 0.444 e. The average Bonchev–Trinajstić information content (AvgIpc) is 3.12. The third kappa shape index (κ3) is 4.08. The molecule has 11 nitrogen and oxygen atoms in total. The zero-order chi connectivity index (χ0) is 21.3. The van der Waals surface area contributed by atoms with Crippen LogP contribution in [0.25, 0.3) is 0 Å². The maximum absolute atomic E-state index is 12.6. The summed E-state index contributed by atoms with van der Waals surface area (Å²) in [7, 11) is 1.43. The minimum absolute atomic E-state index is 0.0833. The Kier molecular flexibility index (Phi) is 5.06. The number of carbonyl (C=O) groups excluding carboxylic acids is 4. The van der Waals surface area contributed by atoms with Gasteiger partial charge in [0.1, 0.15) is 11.3 Å². The summed E-state index contributed by atoms with van der Waals surface area (Å²) >= 11 is 0. The highest BCUT2D eigenvalue weighted by Gasteiger charge is 2.39. The summed E-state index contributed by atoms with van der Waals surface area (Å²) in [5, 5.41) is 10.4. The molecule has 0 unspecified atom stereocenters. The van der Waals surface area contributed by atoms with Gasteiger partial charge in [-0.1, -0.05) is 22.4 Å². The first-order valence-electron chi connectivity index (χ1n) is 8.64. The monoisotopic (exact) mass is 401 g/mol. The van der Waals surface area contributed by atoms with Crippen LogP contribution in [0.4, 0.5) is 4.79 Å².